The number of hydrogen-bond acceptors (Lipinski definition) is 5. The Morgan fingerprint density at radius 1 is 0.885 bits per heavy atom. The van der Waals surface area contributed by atoms with Gasteiger partial charge in [0, 0.05) is 11.3 Å². The van der Waals surface area contributed by atoms with Gasteiger partial charge >= 0.3 is 0 Å². The van der Waals surface area contributed by atoms with E-state index in [4.69, 9.17) is 0 Å². The van der Waals surface area contributed by atoms with Crippen LogP contribution in [0.4, 0.5) is 5.69 Å². The molecule has 1 aliphatic rings. The van der Waals surface area contributed by atoms with Gasteiger partial charge in [-0.15, -0.1) is 0 Å². The number of carbonyl (C=O) groups excluding carboxylic acids is 3. The highest BCUT2D eigenvalue weighted by Gasteiger charge is 2.26. The number of fused-ring (bicyclic) bond motifs is 2. The quantitative estimate of drug-likeness (QED) is 0.694. The Morgan fingerprint density at radius 3 is 2.35 bits per heavy atom. The molecule has 0 fully saturated rings. The zero-order valence-electron chi connectivity index (χ0n) is 14.1. The molecule has 1 aromatic heterocycles. The van der Waals surface area contributed by atoms with Crippen LogP contribution in [0.2, 0.25) is 0 Å². The largest absolute Gasteiger partial charge is 0.322 e. The molecule has 0 aliphatic carbocycles. The summed E-state index contributed by atoms with van der Waals surface area (Å²) in [5, 5.41) is 4.95. The molecule has 7 nitrogen and oxygen atoms in total. The van der Waals surface area contributed by atoms with E-state index in [0.717, 1.165) is 16.9 Å². The minimum atomic E-state index is -0.465. The van der Waals surface area contributed by atoms with Crippen LogP contribution in [0.25, 0.3) is 11.0 Å². The molecular formula is C19H14N4O3. The summed E-state index contributed by atoms with van der Waals surface area (Å²) in [5.41, 5.74) is 4.44. The molecule has 0 radical (unpaired) electrons. The third-order valence-corrected chi connectivity index (χ3v) is 4.33. The van der Waals surface area contributed by atoms with E-state index in [-0.39, 0.29) is 11.5 Å². The molecule has 128 valence electrons. The van der Waals surface area contributed by atoms with Crippen molar-refractivity contribution in [3.63, 3.8) is 0 Å². The van der Waals surface area contributed by atoms with Crippen molar-refractivity contribution < 1.29 is 14.4 Å². The van der Waals surface area contributed by atoms with Crippen LogP contribution in [-0.4, -0.2) is 27.7 Å². The van der Waals surface area contributed by atoms with Crippen molar-refractivity contribution in [3.05, 3.63) is 64.5 Å². The third kappa shape index (κ3) is 2.59. The summed E-state index contributed by atoms with van der Waals surface area (Å²) in [7, 11) is 0. The zero-order chi connectivity index (χ0) is 18.4. The maximum absolute atomic E-state index is 12.5. The number of aromatic nitrogens is 2. The molecule has 1 aliphatic heterocycles. The summed E-state index contributed by atoms with van der Waals surface area (Å²) in [6.45, 7) is 3.75. The van der Waals surface area contributed by atoms with Gasteiger partial charge in [0.15, 0.2) is 0 Å². The summed E-state index contributed by atoms with van der Waals surface area (Å²) in [6.07, 6.45) is 0. The second-order valence-corrected chi connectivity index (χ2v) is 6.10. The van der Waals surface area contributed by atoms with Crippen LogP contribution in [0.3, 0.4) is 0 Å². The molecule has 0 spiro atoms. The molecule has 0 unspecified atom stereocenters. The average molecular weight is 346 g/mol. The van der Waals surface area contributed by atoms with E-state index < -0.39 is 11.8 Å². The van der Waals surface area contributed by atoms with Gasteiger partial charge in [-0.05, 0) is 50.2 Å². The lowest BCUT2D eigenvalue weighted by Gasteiger charge is -2.08. The number of rotatable bonds is 2. The smallest absolute Gasteiger partial charge is 0.259 e. The molecule has 2 heterocycles. The second-order valence-electron chi connectivity index (χ2n) is 6.10. The highest BCUT2D eigenvalue weighted by molar-refractivity contribution is 6.22. The predicted molar refractivity (Wildman–Crippen MR) is 95.2 cm³/mol. The molecule has 2 aromatic carbocycles. The minimum absolute atomic E-state index is 0.253. The SMILES string of the molecule is Cc1nc2ccc(C(=O)Nc3ccc4c(c3)C(=O)NC4=O)cc2nc1C. The lowest BCUT2D eigenvalue weighted by atomic mass is 10.1. The Morgan fingerprint density at radius 2 is 1.58 bits per heavy atom. The van der Waals surface area contributed by atoms with Crippen LogP contribution >= 0.6 is 0 Å². The normalized spacial score (nSPS) is 12.8. The van der Waals surface area contributed by atoms with Crippen LogP contribution in [0.5, 0.6) is 0 Å². The summed E-state index contributed by atoms with van der Waals surface area (Å²) < 4.78 is 0. The minimum Gasteiger partial charge on any atom is -0.322 e. The highest BCUT2D eigenvalue weighted by atomic mass is 16.2. The van der Waals surface area contributed by atoms with Gasteiger partial charge in [-0.1, -0.05) is 0 Å². The maximum atomic E-state index is 12.5. The Kier molecular flexibility index (Phi) is 3.50. The van der Waals surface area contributed by atoms with Gasteiger partial charge in [-0.3, -0.25) is 19.7 Å². The maximum Gasteiger partial charge on any atom is 0.259 e. The molecular weight excluding hydrogens is 332 g/mol. The van der Waals surface area contributed by atoms with Crippen LogP contribution in [0.15, 0.2) is 36.4 Å². The van der Waals surface area contributed by atoms with E-state index >= 15 is 0 Å². The Labute approximate surface area is 148 Å². The predicted octanol–water partition coefficient (Wildman–Crippen LogP) is 2.38. The monoisotopic (exact) mass is 346 g/mol. The van der Waals surface area contributed by atoms with E-state index in [1.54, 1.807) is 24.3 Å². The summed E-state index contributed by atoms with van der Waals surface area (Å²) in [4.78, 5) is 44.7. The van der Waals surface area contributed by atoms with E-state index in [1.807, 2.05) is 13.8 Å². The fourth-order valence-corrected chi connectivity index (χ4v) is 2.82. The van der Waals surface area contributed by atoms with E-state index in [9.17, 15) is 14.4 Å². The van der Waals surface area contributed by atoms with E-state index in [0.29, 0.717) is 22.3 Å². The van der Waals surface area contributed by atoms with Crippen molar-refractivity contribution >= 4 is 34.4 Å². The number of benzene rings is 2. The van der Waals surface area contributed by atoms with Gasteiger partial charge in [-0.25, -0.2) is 9.97 Å². The van der Waals surface area contributed by atoms with Crippen molar-refractivity contribution in [2.75, 3.05) is 5.32 Å². The van der Waals surface area contributed by atoms with Crippen LogP contribution in [-0.2, 0) is 0 Å². The number of hydrogen-bond donors (Lipinski definition) is 2. The molecule has 0 saturated heterocycles. The van der Waals surface area contributed by atoms with Crippen molar-refractivity contribution in [2.24, 2.45) is 0 Å². The number of amides is 3. The number of aryl methyl sites for hydroxylation is 2. The van der Waals surface area contributed by atoms with Gasteiger partial charge in [0.2, 0.25) is 0 Å². The summed E-state index contributed by atoms with van der Waals surface area (Å²) >= 11 is 0. The molecule has 7 heteroatoms. The number of anilines is 1. The fraction of sp³-hybridized carbons (Fsp3) is 0.105. The molecule has 3 aromatic rings. The second kappa shape index (κ2) is 5.73. The molecule has 0 saturated carbocycles. The van der Waals surface area contributed by atoms with Crippen molar-refractivity contribution in [2.45, 2.75) is 13.8 Å². The van der Waals surface area contributed by atoms with Crippen LogP contribution in [0.1, 0.15) is 42.5 Å². The molecule has 2 N–H and O–H groups in total. The lowest BCUT2D eigenvalue weighted by molar-refractivity contribution is 0.0878. The first-order valence-electron chi connectivity index (χ1n) is 7.98. The van der Waals surface area contributed by atoms with Gasteiger partial charge in [0.05, 0.1) is 33.5 Å². The fourth-order valence-electron chi connectivity index (χ4n) is 2.82. The molecule has 0 bridgehead atoms. The third-order valence-electron chi connectivity index (χ3n) is 4.33. The van der Waals surface area contributed by atoms with Crippen molar-refractivity contribution in [1.82, 2.24) is 15.3 Å². The Hall–Kier alpha value is -3.61. The number of nitrogens with zero attached hydrogens (tertiary/aromatic N) is 2. The Bertz CT molecular complexity index is 1120. The van der Waals surface area contributed by atoms with Crippen LogP contribution < -0.4 is 10.6 Å². The van der Waals surface area contributed by atoms with E-state index in [1.165, 1.54) is 12.1 Å². The van der Waals surface area contributed by atoms with Gasteiger partial charge in [0.1, 0.15) is 0 Å². The van der Waals surface area contributed by atoms with Gasteiger partial charge in [0.25, 0.3) is 17.7 Å². The summed E-state index contributed by atoms with van der Waals surface area (Å²) in [6, 6.07) is 9.69. The first kappa shape index (κ1) is 15.9. The first-order valence-corrected chi connectivity index (χ1v) is 7.98. The molecule has 3 amide bonds. The number of imide groups is 1. The standard InChI is InChI=1S/C19H14N4O3/c1-9-10(2)21-16-7-11(3-6-15(16)20-9)17(24)22-12-4-5-13-14(8-12)19(26)23-18(13)25/h3-8H,1-2H3,(H,22,24)(H,23,25,26). The number of nitrogens with one attached hydrogen (secondary N) is 2. The topological polar surface area (TPSA) is 101 Å². The summed E-state index contributed by atoms with van der Waals surface area (Å²) in [5.74, 6) is -1.23. The van der Waals surface area contributed by atoms with Crippen LogP contribution in [0, 0.1) is 13.8 Å². The number of carbonyl (C=O) groups is 3. The average Bonchev–Trinajstić information content (AvgIpc) is 2.89. The van der Waals surface area contributed by atoms with Crippen molar-refractivity contribution in [1.29, 1.82) is 0 Å². The van der Waals surface area contributed by atoms with E-state index in [2.05, 4.69) is 20.6 Å². The van der Waals surface area contributed by atoms with Gasteiger partial charge in [-0.2, -0.15) is 0 Å². The Balaban J connectivity index is 1.64. The lowest BCUT2D eigenvalue weighted by Crippen LogP contribution is -2.19. The molecule has 4 rings (SSSR count). The highest BCUT2D eigenvalue weighted by Crippen LogP contribution is 2.21. The van der Waals surface area contributed by atoms with Crippen molar-refractivity contribution in [3.8, 4) is 0 Å². The van der Waals surface area contributed by atoms with Gasteiger partial charge < -0.3 is 5.32 Å². The first-order chi connectivity index (χ1) is 12.4. The zero-order valence-corrected chi connectivity index (χ0v) is 14.1. The molecule has 0 atom stereocenters. The molecule has 26 heavy (non-hydrogen) atoms.